The second-order valence-corrected chi connectivity index (χ2v) is 6.76. The van der Waals surface area contributed by atoms with Gasteiger partial charge in [-0.3, -0.25) is 14.8 Å². The Hall–Kier alpha value is -2.80. The Bertz CT molecular complexity index is 807. The zero-order valence-corrected chi connectivity index (χ0v) is 15.3. The largest absolute Gasteiger partial charge is 0.478 e. The number of aromatic nitrogens is 2. The highest BCUT2D eigenvalue weighted by atomic mass is 16.5. The van der Waals surface area contributed by atoms with Crippen molar-refractivity contribution >= 4 is 11.9 Å². The van der Waals surface area contributed by atoms with Crippen LogP contribution in [0.3, 0.4) is 0 Å². The topological polar surface area (TPSA) is 92.6 Å². The predicted molar refractivity (Wildman–Crippen MR) is 99.3 cm³/mol. The van der Waals surface area contributed by atoms with E-state index < -0.39 is 5.97 Å². The number of methoxy groups -OCH3 is 1. The lowest BCUT2D eigenvalue weighted by Gasteiger charge is -2.32. The Labute approximate surface area is 158 Å². The van der Waals surface area contributed by atoms with Crippen LogP contribution in [0.15, 0.2) is 36.7 Å². The summed E-state index contributed by atoms with van der Waals surface area (Å²) in [4.78, 5) is 33.9. The van der Waals surface area contributed by atoms with Crippen LogP contribution in [0.4, 0.5) is 0 Å². The van der Waals surface area contributed by atoms with Crippen LogP contribution in [0.5, 0.6) is 0 Å². The zero-order chi connectivity index (χ0) is 19.2. The van der Waals surface area contributed by atoms with E-state index in [2.05, 4.69) is 9.97 Å². The third kappa shape index (κ3) is 4.89. The minimum absolute atomic E-state index is 0.0296. The van der Waals surface area contributed by atoms with Gasteiger partial charge in [0.2, 0.25) is 5.91 Å². The van der Waals surface area contributed by atoms with E-state index in [0.717, 1.165) is 37.1 Å². The SMILES string of the molecule is COCC(=O)N1CCC[C@H](Cc2cnc(-c3cccc(C(=O)O)c3)cn2)C1. The van der Waals surface area contributed by atoms with E-state index in [1.54, 1.807) is 30.6 Å². The highest BCUT2D eigenvalue weighted by Gasteiger charge is 2.24. The maximum Gasteiger partial charge on any atom is 0.335 e. The number of hydrogen-bond donors (Lipinski definition) is 1. The van der Waals surface area contributed by atoms with Crippen molar-refractivity contribution in [3.8, 4) is 11.3 Å². The fourth-order valence-corrected chi connectivity index (χ4v) is 3.39. The van der Waals surface area contributed by atoms with Gasteiger partial charge in [0.15, 0.2) is 0 Å². The summed E-state index contributed by atoms with van der Waals surface area (Å²) in [6, 6.07) is 6.65. The molecule has 0 saturated carbocycles. The number of aromatic carboxylic acids is 1. The maximum atomic E-state index is 12.0. The normalized spacial score (nSPS) is 16.9. The second-order valence-electron chi connectivity index (χ2n) is 6.76. The van der Waals surface area contributed by atoms with Crippen LogP contribution in [0.25, 0.3) is 11.3 Å². The van der Waals surface area contributed by atoms with E-state index in [0.29, 0.717) is 18.2 Å². The number of carbonyl (C=O) groups excluding carboxylic acids is 1. The first-order chi connectivity index (χ1) is 13.1. The van der Waals surface area contributed by atoms with Gasteiger partial charge in [0, 0.05) is 32.0 Å². The van der Waals surface area contributed by atoms with Crippen molar-refractivity contribution in [3.63, 3.8) is 0 Å². The van der Waals surface area contributed by atoms with Gasteiger partial charge in [-0.05, 0) is 37.3 Å². The molecule has 1 atom stereocenters. The Kier molecular flexibility index (Phi) is 6.13. The average Bonchev–Trinajstić information content (AvgIpc) is 2.69. The number of carboxylic acid groups (broad SMARTS) is 1. The van der Waals surface area contributed by atoms with Crippen molar-refractivity contribution in [1.82, 2.24) is 14.9 Å². The van der Waals surface area contributed by atoms with Gasteiger partial charge in [-0.1, -0.05) is 12.1 Å². The summed E-state index contributed by atoms with van der Waals surface area (Å²) in [6.07, 6.45) is 6.21. The summed E-state index contributed by atoms with van der Waals surface area (Å²) >= 11 is 0. The molecular weight excluding hydrogens is 346 g/mol. The summed E-state index contributed by atoms with van der Waals surface area (Å²) in [6.45, 7) is 1.62. The lowest BCUT2D eigenvalue weighted by molar-refractivity contribution is -0.136. The first-order valence-electron chi connectivity index (χ1n) is 8.98. The lowest BCUT2D eigenvalue weighted by Crippen LogP contribution is -2.42. The summed E-state index contributed by atoms with van der Waals surface area (Å²) in [7, 11) is 1.53. The van der Waals surface area contributed by atoms with E-state index in [-0.39, 0.29) is 18.1 Å². The van der Waals surface area contributed by atoms with Gasteiger partial charge in [0.25, 0.3) is 0 Å². The number of benzene rings is 1. The molecule has 0 bridgehead atoms. The molecule has 7 nitrogen and oxygen atoms in total. The molecular formula is C20H23N3O4. The molecule has 3 rings (SSSR count). The lowest BCUT2D eigenvalue weighted by atomic mass is 9.93. The van der Waals surface area contributed by atoms with Gasteiger partial charge < -0.3 is 14.7 Å². The van der Waals surface area contributed by atoms with Crippen molar-refractivity contribution in [3.05, 3.63) is 47.9 Å². The number of carbonyl (C=O) groups is 2. The molecule has 7 heteroatoms. The van der Waals surface area contributed by atoms with Gasteiger partial charge in [0.1, 0.15) is 6.61 Å². The molecule has 1 fully saturated rings. The fourth-order valence-electron chi connectivity index (χ4n) is 3.39. The van der Waals surface area contributed by atoms with Crippen LogP contribution < -0.4 is 0 Å². The van der Waals surface area contributed by atoms with Crippen LogP contribution in [0, 0.1) is 5.92 Å². The van der Waals surface area contributed by atoms with Crippen LogP contribution in [-0.2, 0) is 16.0 Å². The molecule has 142 valence electrons. The number of piperidine rings is 1. The minimum Gasteiger partial charge on any atom is -0.478 e. The number of rotatable bonds is 6. The third-order valence-electron chi connectivity index (χ3n) is 4.75. The van der Waals surface area contributed by atoms with E-state index in [1.165, 1.54) is 7.11 Å². The third-order valence-corrected chi connectivity index (χ3v) is 4.75. The summed E-state index contributed by atoms with van der Waals surface area (Å²) < 4.78 is 4.94. The molecule has 1 amide bonds. The first kappa shape index (κ1) is 19.0. The summed E-state index contributed by atoms with van der Waals surface area (Å²) in [5.74, 6) is -0.580. The summed E-state index contributed by atoms with van der Waals surface area (Å²) in [5.41, 5.74) is 2.46. The quantitative estimate of drug-likeness (QED) is 0.840. The molecule has 0 aliphatic carbocycles. The van der Waals surface area contributed by atoms with Crippen molar-refractivity contribution in [2.24, 2.45) is 5.92 Å². The van der Waals surface area contributed by atoms with Crippen LogP contribution >= 0.6 is 0 Å². The Balaban J connectivity index is 1.65. The Morgan fingerprint density at radius 2 is 2.15 bits per heavy atom. The zero-order valence-electron chi connectivity index (χ0n) is 15.3. The van der Waals surface area contributed by atoms with Crippen molar-refractivity contribution in [1.29, 1.82) is 0 Å². The molecule has 2 aromatic rings. The van der Waals surface area contributed by atoms with Gasteiger partial charge in [-0.15, -0.1) is 0 Å². The molecule has 1 N–H and O–H groups in total. The second kappa shape index (κ2) is 8.73. The van der Waals surface area contributed by atoms with Gasteiger partial charge >= 0.3 is 5.97 Å². The number of amides is 1. The van der Waals surface area contributed by atoms with Crippen molar-refractivity contribution in [2.45, 2.75) is 19.3 Å². The van der Waals surface area contributed by atoms with Crippen LogP contribution in [0.2, 0.25) is 0 Å². The molecule has 0 unspecified atom stereocenters. The molecule has 0 radical (unpaired) electrons. The van der Waals surface area contributed by atoms with Crippen molar-refractivity contribution in [2.75, 3.05) is 26.8 Å². The van der Waals surface area contributed by atoms with Crippen molar-refractivity contribution < 1.29 is 19.4 Å². The predicted octanol–water partition coefficient (Wildman–Crippen LogP) is 2.27. The highest BCUT2D eigenvalue weighted by Crippen LogP contribution is 2.22. The number of ether oxygens (including phenoxy) is 1. The smallest absolute Gasteiger partial charge is 0.335 e. The average molecular weight is 369 g/mol. The number of likely N-dealkylation sites (tertiary alicyclic amines) is 1. The molecule has 1 aliphatic rings. The highest BCUT2D eigenvalue weighted by molar-refractivity contribution is 5.89. The molecule has 0 spiro atoms. The molecule has 2 heterocycles. The standard InChI is InChI=1S/C20H23N3O4/c1-27-13-19(24)23-7-3-4-14(12-23)8-17-10-22-18(11-21-17)15-5-2-6-16(9-15)20(25)26/h2,5-6,9-11,14H,3-4,7-8,12-13H2,1H3,(H,25,26)/t14-/m1/s1. The van der Waals surface area contributed by atoms with E-state index >= 15 is 0 Å². The monoisotopic (exact) mass is 369 g/mol. The number of hydrogen-bond acceptors (Lipinski definition) is 5. The van der Waals surface area contributed by atoms with E-state index in [4.69, 9.17) is 9.84 Å². The molecule has 1 aromatic carbocycles. The minimum atomic E-state index is -0.966. The number of carboxylic acids is 1. The molecule has 27 heavy (non-hydrogen) atoms. The summed E-state index contributed by atoms with van der Waals surface area (Å²) in [5, 5.41) is 9.10. The molecule has 1 aromatic heterocycles. The number of nitrogens with zero attached hydrogens (tertiary/aromatic N) is 3. The van der Waals surface area contributed by atoms with E-state index in [1.807, 2.05) is 11.0 Å². The fraction of sp³-hybridized carbons (Fsp3) is 0.400. The molecule has 1 aliphatic heterocycles. The van der Waals surface area contributed by atoms with Crippen LogP contribution in [0.1, 0.15) is 28.9 Å². The van der Waals surface area contributed by atoms with E-state index in [9.17, 15) is 9.59 Å². The van der Waals surface area contributed by atoms with Gasteiger partial charge in [0.05, 0.1) is 23.1 Å². The maximum absolute atomic E-state index is 12.0. The van der Waals surface area contributed by atoms with Crippen LogP contribution in [-0.4, -0.2) is 58.7 Å². The Morgan fingerprint density at radius 1 is 1.30 bits per heavy atom. The molecule has 1 saturated heterocycles. The Morgan fingerprint density at radius 3 is 2.85 bits per heavy atom. The van der Waals surface area contributed by atoms with Gasteiger partial charge in [-0.2, -0.15) is 0 Å². The first-order valence-corrected chi connectivity index (χ1v) is 8.98. The van der Waals surface area contributed by atoms with Gasteiger partial charge in [-0.25, -0.2) is 4.79 Å².